The Hall–Kier alpha value is -1.79. The van der Waals surface area contributed by atoms with E-state index in [-0.39, 0.29) is 6.54 Å². The average molecular weight is 343 g/mol. The Morgan fingerprint density at radius 1 is 1.26 bits per heavy atom. The summed E-state index contributed by atoms with van der Waals surface area (Å²) in [6.07, 6.45) is -1.52. The maximum atomic E-state index is 11.9. The van der Waals surface area contributed by atoms with Gasteiger partial charge in [-0.15, -0.1) is 0 Å². The number of carbonyl (C=O) groups excluding carboxylic acids is 2. The van der Waals surface area contributed by atoms with Crippen LogP contribution in [0.4, 0.5) is 4.79 Å². The van der Waals surface area contributed by atoms with E-state index in [2.05, 4.69) is 10.6 Å². The number of aliphatic hydroxyl groups is 1. The third kappa shape index (κ3) is 7.34. The van der Waals surface area contributed by atoms with Crippen LogP contribution in [0.25, 0.3) is 0 Å². The topological polar surface area (TPSA) is 87.7 Å². The van der Waals surface area contributed by atoms with Gasteiger partial charge < -0.3 is 20.5 Å². The SMILES string of the molecule is C[C@H](NC(=O)OC(C)(C)C)C(=O)NCC(O)c1ccc(Cl)cc1. The van der Waals surface area contributed by atoms with Gasteiger partial charge in [0.15, 0.2) is 0 Å². The quantitative estimate of drug-likeness (QED) is 0.766. The highest BCUT2D eigenvalue weighted by Crippen LogP contribution is 2.15. The Balaban J connectivity index is 2.43. The first-order valence-corrected chi connectivity index (χ1v) is 7.67. The van der Waals surface area contributed by atoms with Crippen molar-refractivity contribution in [2.45, 2.75) is 45.4 Å². The van der Waals surface area contributed by atoms with E-state index in [9.17, 15) is 14.7 Å². The largest absolute Gasteiger partial charge is 0.444 e. The van der Waals surface area contributed by atoms with Crippen molar-refractivity contribution in [1.82, 2.24) is 10.6 Å². The van der Waals surface area contributed by atoms with Crippen molar-refractivity contribution in [1.29, 1.82) is 0 Å². The summed E-state index contributed by atoms with van der Waals surface area (Å²) in [5, 5.41) is 15.6. The minimum absolute atomic E-state index is 0.0286. The molecule has 0 aliphatic carbocycles. The van der Waals surface area contributed by atoms with E-state index in [4.69, 9.17) is 16.3 Å². The van der Waals surface area contributed by atoms with Crippen molar-refractivity contribution in [3.05, 3.63) is 34.9 Å². The molecule has 0 saturated heterocycles. The highest BCUT2D eigenvalue weighted by Gasteiger charge is 2.21. The Kier molecular flexibility index (Phi) is 6.84. The van der Waals surface area contributed by atoms with Gasteiger partial charge in [0.2, 0.25) is 5.91 Å². The minimum Gasteiger partial charge on any atom is -0.444 e. The second-order valence-electron chi connectivity index (χ2n) is 6.18. The number of amides is 2. The molecule has 0 heterocycles. The summed E-state index contributed by atoms with van der Waals surface area (Å²) < 4.78 is 5.07. The molecule has 1 rings (SSSR count). The normalized spacial score (nSPS) is 13.8. The van der Waals surface area contributed by atoms with Gasteiger partial charge in [-0.3, -0.25) is 4.79 Å². The maximum absolute atomic E-state index is 11.9. The zero-order chi connectivity index (χ0) is 17.6. The van der Waals surface area contributed by atoms with Gasteiger partial charge >= 0.3 is 6.09 Å². The van der Waals surface area contributed by atoms with E-state index in [0.29, 0.717) is 10.6 Å². The van der Waals surface area contributed by atoms with Crippen LogP contribution in [0, 0.1) is 0 Å². The van der Waals surface area contributed by atoms with E-state index < -0.39 is 29.7 Å². The second-order valence-corrected chi connectivity index (χ2v) is 6.62. The van der Waals surface area contributed by atoms with Crippen LogP contribution < -0.4 is 10.6 Å². The average Bonchev–Trinajstić information content (AvgIpc) is 2.42. The van der Waals surface area contributed by atoms with Crippen LogP contribution in [-0.2, 0) is 9.53 Å². The summed E-state index contributed by atoms with van der Waals surface area (Å²) in [7, 11) is 0. The number of aliphatic hydroxyl groups excluding tert-OH is 1. The Morgan fingerprint density at radius 3 is 2.35 bits per heavy atom. The zero-order valence-electron chi connectivity index (χ0n) is 13.7. The van der Waals surface area contributed by atoms with Crippen molar-refractivity contribution < 1.29 is 19.4 Å². The van der Waals surface area contributed by atoms with E-state index in [1.165, 1.54) is 6.92 Å². The predicted molar refractivity (Wildman–Crippen MR) is 88.3 cm³/mol. The van der Waals surface area contributed by atoms with Crippen LogP contribution in [-0.4, -0.2) is 35.3 Å². The Labute approximate surface area is 141 Å². The number of hydrogen-bond acceptors (Lipinski definition) is 4. The molecule has 1 aromatic rings. The molecule has 0 aliphatic heterocycles. The fourth-order valence-corrected chi connectivity index (χ4v) is 1.83. The molecule has 3 N–H and O–H groups in total. The fourth-order valence-electron chi connectivity index (χ4n) is 1.70. The third-order valence-electron chi connectivity index (χ3n) is 2.85. The first kappa shape index (κ1) is 19.3. The lowest BCUT2D eigenvalue weighted by Gasteiger charge is -2.22. The van der Waals surface area contributed by atoms with Crippen molar-refractivity contribution in [2.75, 3.05) is 6.54 Å². The number of nitrogens with one attached hydrogen (secondary N) is 2. The molecule has 128 valence electrons. The van der Waals surface area contributed by atoms with E-state index in [1.807, 2.05) is 0 Å². The molecule has 0 aliphatic rings. The maximum Gasteiger partial charge on any atom is 0.408 e. The molecule has 2 atom stereocenters. The molecule has 2 amide bonds. The highest BCUT2D eigenvalue weighted by molar-refractivity contribution is 6.30. The van der Waals surface area contributed by atoms with Crippen molar-refractivity contribution in [3.8, 4) is 0 Å². The van der Waals surface area contributed by atoms with Crippen LogP contribution in [0.2, 0.25) is 5.02 Å². The summed E-state index contributed by atoms with van der Waals surface area (Å²) in [4.78, 5) is 23.5. The molecule has 6 nitrogen and oxygen atoms in total. The standard InChI is InChI=1S/C16H23ClN2O4/c1-10(19-15(22)23-16(2,3)4)14(21)18-9-13(20)11-5-7-12(17)8-6-11/h5-8,10,13,20H,9H2,1-4H3,(H,18,21)(H,19,22)/t10-,13?/m0/s1. The lowest BCUT2D eigenvalue weighted by Crippen LogP contribution is -2.47. The number of rotatable bonds is 5. The molecule has 0 spiro atoms. The molecule has 7 heteroatoms. The fraction of sp³-hybridized carbons (Fsp3) is 0.500. The van der Waals surface area contributed by atoms with Crippen LogP contribution in [0.3, 0.4) is 0 Å². The summed E-state index contributed by atoms with van der Waals surface area (Å²) >= 11 is 5.78. The van der Waals surface area contributed by atoms with Gasteiger partial charge in [0.25, 0.3) is 0 Å². The molecule has 0 saturated carbocycles. The van der Waals surface area contributed by atoms with E-state index >= 15 is 0 Å². The van der Waals surface area contributed by atoms with Crippen LogP contribution >= 0.6 is 11.6 Å². The summed E-state index contributed by atoms with van der Waals surface area (Å²) in [5.41, 5.74) is 0.00729. The van der Waals surface area contributed by atoms with Crippen molar-refractivity contribution in [2.24, 2.45) is 0 Å². The van der Waals surface area contributed by atoms with Crippen molar-refractivity contribution in [3.63, 3.8) is 0 Å². The van der Waals surface area contributed by atoms with Crippen LogP contribution in [0.1, 0.15) is 39.4 Å². The third-order valence-corrected chi connectivity index (χ3v) is 3.10. The molecule has 0 radical (unpaired) electrons. The van der Waals surface area contributed by atoms with Crippen LogP contribution in [0.5, 0.6) is 0 Å². The molecular weight excluding hydrogens is 320 g/mol. The number of alkyl carbamates (subject to hydrolysis) is 1. The molecule has 1 unspecified atom stereocenters. The monoisotopic (exact) mass is 342 g/mol. The van der Waals surface area contributed by atoms with Crippen LogP contribution in [0.15, 0.2) is 24.3 Å². The predicted octanol–water partition coefficient (Wildman–Crippen LogP) is 2.40. The lowest BCUT2D eigenvalue weighted by molar-refractivity contribution is -0.123. The highest BCUT2D eigenvalue weighted by atomic mass is 35.5. The minimum atomic E-state index is -0.857. The Bertz CT molecular complexity index is 540. The summed E-state index contributed by atoms with van der Waals surface area (Å²) in [5.74, 6) is -0.413. The van der Waals surface area contributed by atoms with Gasteiger partial charge in [-0.05, 0) is 45.4 Å². The molecule has 0 bridgehead atoms. The lowest BCUT2D eigenvalue weighted by atomic mass is 10.1. The van der Waals surface area contributed by atoms with Gasteiger partial charge in [-0.25, -0.2) is 4.79 Å². The molecule has 23 heavy (non-hydrogen) atoms. The second kappa shape index (κ2) is 8.17. The number of carbonyl (C=O) groups is 2. The van der Waals surface area contributed by atoms with Gasteiger partial charge in [0.1, 0.15) is 11.6 Å². The number of benzene rings is 1. The van der Waals surface area contributed by atoms with E-state index in [0.717, 1.165) is 0 Å². The molecule has 0 aromatic heterocycles. The number of halogens is 1. The zero-order valence-corrected chi connectivity index (χ0v) is 14.5. The van der Waals surface area contributed by atoms with Gasteiger partial charge in [0, 0.05) is 11.6 Å². The summed E-state index contributed by atoms with van der Waals surface area (Å²) in [6, 6.07) is 5.91. The van der Waals surface area contributed by atoms with E-state index in [1.54, 1.807) is 45.0 Å². The first-order chi connectivity index (χ1) is 10.6. The molecular formula is C16H23ClN2O4. The van der Waals surface area contributed by atoms with Gasteiger partial charge in [0.05, 0.1) is 6.10 Å². The molecule has 0 fully saturated rings. The first-order valence-electron chi connectivity index (χ1n) is 7.29. The summed E-state index contributed by atoms with van der Waals surface area (Å²) in [6.45, 7) is 6.77. The van der Waals surface area contributed by atoms with Gasteiger partial charge in [-0.1, -0.05) is 23.7 Å². The number of ether oxygens (including phenoxy) is 1. The van der Waals surface area contributed by atoms with Crippen molar-refractivity contribution >= 4 is 23.6 Å². The smallest absolute Gasteiger partial charge is 0.408 e. The number of hydrogen-bond donors (Lipinski definition) is 3. The molecule has 1 aromatic carbocycles. The van der Waals surface area contributed by atoms with Gasteiger partial charge in [-0.2, -0.15) is 0 Å². The Morgan fingerprint density at radius 2 is 1.83 bits per heavy atom.